The third kappa shape index (κ3) is 3.61. The summed E-state index contributed by atoms with van der Waals surface area (Å²) in [6, 6.07) is 20.2. The van der Waals surface area contributed by atoms with Crippen LogP contribution in [0.3, 0.4) is 0 Å². The fraction of sp³-hybridized carbons (Fsp3) is 0.280. The van der Waals surface area contributed by atoms with Gasteiger partial charge < -0.3 is 4.90 Å². The summed E-state index contributed by atoms with van der Waals surface area (Å²) < 4.78 is 27.8. The lowest BCUT2D eigenvalue weighted by Gasteiger charge is -2.36. The van der Waals surface area contributed by atoms with Crippen molar-refractivity contribution >= 4 is 32.5 Å². The van der Waals surface area contributed by atoms with Gasteiger partial charge >= 0.3 is 0 Å². The van der Waals surface area contributed by atoms with E-state index in [1.54, 1.807) is 23.1 Å². The second-order valence-electron chi connectivity index (χ2n) is 8.34. The Kier molecular flexibility index (Phi) is 5.31. The van der Waals surface area contributed by atoms with Crippen LogP contribution in [0.2, 0.25) is 0 Å². The van der Waals surface area contributed by atoms with Crippen LogP contribution in [0.25, 0.3) is 10.8 Å². The fourth-order valence-corrected chi connectivity index (χ4v) is 6.18. The minimum Gasteiger partial charge on any atom is -0.340 e. The molecule has 0 N–H and O–H groups in total. The minimum absolute atomic E-state index is 0.0206. The van der Waals surface area contributed by atoms with E-state index in [-0.39, 0.29) is 35.6 Å². The Labute approximate surface area is 187 Å². The van der Waals surface area contributed by atoms with Crippen LogP contribution in [0.4, 0.5) is 0 Å². The van der Waals surface area contributed by atoms with Gasteiger partial charge in [0.2, 0.25) is 15.9 Å². The highest BCUT2D eigenvalue weighted by atomic mass is 32.2. The molecule has 32 heavy (non-hydrogen) atoms. The Morgan fingerprint density at radius 3 is 2.31 bits per heavy atom. The van der Waals surface area contributed by atoms with Gasteiger partial charge in [-0.3, -0.25) is 9.59 Å². The van der Waals surface area contributed by atoms with Gasteiger partial charge in [0.25, 0.3) is 0 Å². The number of carbonyl (C=O) groups is 2. The summed E-state index contributed by atoms with van der Waals surface area (Å²) in [4.78, 5) is 27.5. The molecule has 1 fully saturated rings. The van der Waals surface area contributed by atoms with Gasteiger partial charge in [0.05, 0.1) is 10.8 Å². The zero-order chi connectivity index (χ0) is 22.3. The molecule has 1 atom stereocenters. The summed E-state index contributed by atoms with van der Waals surface area (Å²) >= 11 is 0. The molecule has 1 aliphatic carbocycles. The number of hydrogen-bond acceptors (Lipinski definition) is 4. The summed E-state index contributed by atoms with van der Waals surface area (Å²) in [6.45, 7) is 1.21. The molecule has 0 aromatic heterocycles. The Bertz CT molecular complexity index is 1310. The quantitative estimate of drug-likeness (QED) is 0.615. The number of hydrogen-bond donors (Lipinski definition) is 0. The summed E-state index contributed by atoms with van der Waals surface area (Å²) in [5.74, 6) is -0.281. The maximum absolute atomic E-state index is 13.2. The van der Waals surface area contributed by atoms with Crippen molar-refractivity contribution in [2.45, 2.75) is 23.7 Å². The predicted octanol–water partition coefficient (Wildman–Crippen LogP) is 3.43. The smallest absolute Gasteiger partial charge is 0.243 e. The number of amides is 1. The lowest BCUT2D eigenvalue weighted by molar-refractivity contribution is -0.134. The Hall–Kier alpha value is -3.03. The molecule has 1 heterocycles. The number of benzene rings is 3. The summed E-state index contributed by atoms with van der Waals surface area (Å²) in [5.41, 5.74) is 1.43. The maximum Gasteiger partial charge on any atom is 0.243 e. The normalized spacial score (nSPS) is 19.7. The number of nitrogens with zero attached hydrogens (tertiary/aromatic N) is 2. The van der Waals surface area contributed by atoms with Gasteiger partial charge in [-0.2, -0.15) is 4.31 Å². The average Bonchev–Trinajstić information content (AvgIpc) is 2.84. The fourth-order valence-electron chi connectivity index (χ4n) is 4.72. The third-order valence-electron chi connectivity index (χ3n) is 6.50. The molecule has 2 aliphatic rings. The largest absolute Gasteiger partial charge is 0.340 e. The molecular formula is C25H24N2O4S. The lowest BCUT2D eigenvalue weighted by atomic mass is 9.81. The van der Waals surface area contributed by atoms with E-state index in [1.165, 1.54) is 4.31 Å². The van der Waals surface area contributed by atoms with Crippen LogP contribution in [-0.2, 0) is 14.8 Å². The van der Waals surface area contributed by atoms with Gasteiger partial charge in [0.1, 0.15) is 0 Å². The van der Waals surface area contributed by atoms with Crippen LogP contribution < -0.4 is 0 Å². The first kappa shape index (κ1) is 20.8. The highest BCUT2D eigenvalue weighted by Crippen LogP contribution is 2.33. The molecule has 1 saturated heterocycles. The van der Waals surface area contributed by atoms with E-state index in [4.69, 9.17) is 0 Å². The van der Waals surface area contributed by atoms with Gasteiger partial charge in [0.15, 0.2) is 5.78 Å². The number of carbonyl (C=O) groups excluding carboxylic acids is 2. The minimum atomic E-state index is -3.63. The maximum atomic E-state index is 13.2. The van der Waals surface area contributed by atoms with E-state index < -0.39 is 10.0 Å². The van der Waals surface area contributed by atoms with Gasteiger partial charge in [0, 0.05) is 38.2 Å². The van der Waals surface area contributed by atoms with Gasteiger partial charge in [-0.05, 0) is 34.9 Å². The van der Waals surface area contributed by atoms with Crippen LogP contribution in [0.15, 0.2) is 71.6 Å². The van der Waals surface area contributed by atoms with E-state index in [0.717, 1.165) is 16.3 Å². The number of ketones is 1. The summed E-state index contributed by atoms with van der Waals surface area (Å²) in [5, 5.41) is 1.88. The second-order valence-corrected chi connectivity index (χ2v) is 10.3. The van der Waals surface area contributed by atoms with E-state index in [2.05, 4.69) is 0 Å². The molecule has 7 heteroatoms. The second kappa shape index (κ2) is 8.15. The van der Waals surface area contributed by atoms with Crippen molar-refractivity contribution in [2.75, 3.05) is 26.2 Å². The van der Waals surface area contributed by atoms with Crippen molar-refractivity contribution < 1.29 is 18.0 Å². The Morgan fingerprint density at radius 1 is 0.844 bits per heavy atom. The topological polar surface area (TPSA) is 74.8 Å². The zero-order valence-corrected chi connectivity index (χ0v) is 18.4. The zero-order valence-electron chi connectivity index (χ0n) is 17.6. The Balaban J connectivity index is 1.31. The third-order valence-corrected chi connectivity index (χ3v) is 8.40. The first-order valence-corrected chi connectivity index (χ1v) is 12.3. The first-order valence-electron chi connectivity index (χ1n) is 10.8. The molecule has 3 aromatic carbocycles. The highest BCUT2D eigenvalue weighted by molar-refractivity contribution is 7.89. The first-order chi connectivity index (χ1) is 15.4. The van der Waals surface area contributed by atoms with E-state index in [0.29, 0.717) is 31.5 Å². The summed E-state index contributed by atoms with van der Waals surface area (Å²) in [7, 11) is -3.63. The molecule has 0 radical (unpaired) electrons. The molecular weight excluding hydrogens is 424 g/mol. The van der Waals surface area contributed by atoms with Crippen LogP contribution >= 0.6 is 0 Å². The van der Waals surface area contributed by atoms with Crippen molar-refractivity contribution in [1.82, 2.24) is 9.21 Å². The summed E-state index contributed by atoms with van der Waals surface area (Å²) in [6.07, 6.45) is 0.869. The van der Waals surface area contributed by atoms with Crippen molar-refractivity contribution in [1.29, 1.82) is 0 Å². The number of rotatable bonds is 3. The molecule has 0 saturated carbocycles. The molecule has 1 aliphatic heterocycles. The van der Waals surface area contributed by atoms with Crippen LogP contribution in [0, 0.1) is 0 Å². The van der Waals surface area contributed by atoms with E-state index in [9.17, 15) is 18.0 Å². The standard InChI is InChI=1S/C25H24N2O4S/c28-24-12-11-23(21-7-3-4-8-22(21)24)25(29)26-13-15-27(16-14-26)32(30,31)20-10-9-18-5-1-2-6-19(18)17-20/h1-10,17,23H,11-16H2. The molecule has 1 unspecified atom stereocenters. The van der Waals surface area contributed by atoms with Crippen LogP contribution in [-0.4, -0.2) is 55.5 Å². The molecule has 6 nitrogen and oxygen atoms in total. The predicted molar refractivity (Wildman–Crippen MR) is 122 cm³/mol. The van der Waals surface area contributed by atoms with Crippen molar-refractivity contribution in [2.24, 2.45) is 0 Å². The van der Waals surface area contributed by atoms with Crippen molar-refractivity contribution in [3.8, 4) is 0 Å². The number of piperazine rings is 1. The SMILES string of the molecule is O=C1CCC(C(=O)N2CCN(S(=O)(=O)c3ccc4ccccc4c3)CC2)c2ccccc21. The Morgan fingerprint density at radius 2 is 1.53 bits per heavy atom. The van der Waals surface area contributed by atoms with Crippen molar-refractivity contribution in [3.05, 3.63) is 77.9 Å². The van der Waals surface area contributed by atoms with Gasteiger partial charge in [-0.15, -0.1) is 0 Å². The molecule has 0 bridgehead atoms. The number of fused-ring (bicyclic) bond motifs is 2. The van der Waals surface area contributed by atoms with E-state index >= 15 is 0 Å². The van der Waals surface area contributed by atoms with Gasteiger partial charge in [-0.1, -0.05) is 54.6 Å². The molecule has 5 rings (SSSR count). The molecule has 0 spiro atoms. The van der Waals surface area contributed by atoms with E-state index in [1.807, 2.05) is 48.5 Å². The average molecular weight is 449 g/mol. The molecule has 1 amide bonds. The van der Waals surface area contributed by atoms with Crippen LogP contribution in [0.5, 0.6) is 0 Å². The molecule has 164 valence electrons. The highest BCUT2D eigenvalue weighted by Gasteiger charge is 2.36. The van der Waals surface area contributed by atoms with Crippen molar-refractivity contribution in [3.63, 3.8) is 0 Å². The monoisotopic (exact) mass is 448 g/mol. The number of sulfonamides is 1. The van der Waals surface area contributed by atoms with Crippen LogP contribution in [0.1, 0.15) is 34.7 Å². The molecule has 3 aromatic rings. The lowest BCUT2D eigenvalue weighted by Crippen LogP contribution is -2.51. The number of Topliss-reactive ketones (excluding diaryl/α,β-unsaturated/α-hetero) is 1. The van der Waals surface area contributed by atoms with Gasteiger partial charge in [-0.25, -0.2) is 8.42 Å².